The average molecular weight is 455 g/mol. The lowest BCUT2D eigenvalue weighted by Gasteiger charge is -2.09. The second-order valence-corrected chi connectivity index (χ2v) is 8.35. The smallest absolute Gasteiger partial charge is 0.348 e. The Morgan fingerprint density at radius 2 is 2.06 bits per heavy atom. The molecule has 0 saturated heterocycles. The lowest BCUT2D eigenvalue weighted by Crippen LogP contribution is -2.16. The summed E-state index contributed by atoms with van der Waals surface area (Å²) < 4.78 is 21.8. The van der Waals surface area contributed by atoms with E-state index in [2.05, 4.69) is 0 Å². The van der Waals surface area contributed by atoms with Crippen molar-refractivity contribution in [3.63, 3.8) is 0 Å². The van der Waals surface area contributed by atoms with E-state index in [0.717, 1.165) is 53.7 Å². The second-order valence-electron chi connectivity index (χ2n) is 7.30. The highest BCUT2D eigenvalue weighted by Crippen LogP contribution is 2.34. The number of fused-ring (bicyclic) bond motifs is 3. The third kappa shape index (κ3) is 4.27. The molecule has 2 aromatic heterocycles. The Labute approximate surface area is 188 Å². The number of nitrogens with zero attached hydrogens (tertiary/aromatic N) is 1. The van der Waals surface area contributed by atoms with E-state index in [9.17, 15) is 14.9 Å². The number of aryl methyl sites for hydroxylation is 2. The fourth-order valence-corrected chi connectivity index (χ4v) is 4.69. The maximum absolute atomic E-state index is 12.3. The van der Waals surface area contributed by atoms with Gasteiger partial charge in [-0.25, -0.2) is 9.59 Å². The van der Waals surface area contributed by atoms with Crippen molar-refractivity contribution in [2.75, 3.05) is 18.9 Å². The summed E-state index contributed by atoms with van der Waals surface area (Å²) in [5.74, 6) is 0.324. The van der Waals surface area contributed by atoms with Gasteiger partial charge in [0.05, 0.1) is 12.2 Å². The maximum atomic E-state index is 12.3. The van der Waals surface area contributed by atoms with E-state index >= 15 is 0 Å². The Morgan fingerprint density at radius 3 is 2.84 bits per heavy atom. The maximum Gasteiger partial charge on any atom is 0.348 e. The first-order valence-corrected chi connectivity index (χ1v) is 11.1. The van der Waals surface area contributed by atoms with Crippen LogP contribution in [0.5, 0.6) is 5.75 Å². The van der Waals surface area contributed by atoms with E-state index in [-0.39, 0.29) is 40.8 Å². The molecule has 2 heterocycles. The first-order valence-electron chi connectivity index (χ1n) is 10.3. The van der Waals surface area contributed by atoms with Crippen LogP contribution >= 0.6 is 11.3 Å². The van der Waals surface area contributed by atoms with Gasteiger partial charge in [0.1, 0.15) is 39.6 Å². The molecule has 8 nitrogen and oxygen atoms in total. The van der Waals surface area contributed by atoms with E-state index in [4.69, 9.17) is 24.4 Å². The molecule has 0 amide bonds. The number of rotatable bonds is 7. The molecule has 0 radical (unpaired) electrons. The summed E-state index contributed by atoms with van der Waals surface area (Å²) in [7, 11) is 0. The predicted molar refractivity (Wildman–Crippen MR) is 118 cm³/mol. The number of hydrogen-bond donors (Lipinski definition) is 1. The number of anilines is 1. The topological polar surface area (TPSA) is 125 Å². The lowest BCUT2D eigenvalue weighted by molar-refractivity contribution is -0.147. The van der Waals surface area contributed by atoms with Crippen molar-refractivity contribution in [2.45, 2.75) is 39.2 Å². The summed E-state index contributed by atoms with van der Waals surface area (Å²) >= 11 is 0.938. The van der Waals surface area contributed by atoms with Crippen molar-refractivity contribution in [2.24, 2.45) is 0 Å². The molecule has 3 aromatic rings. The molecule has 1 aliphatic carbocycles. The summed E-state index contributed by atoms with van der Waals surface area (Å²) in [5, 5.41) is 10.5. The van der Waals surface area contributed by atoms with Crippen LogP contribution in [-0.2, 0) is 33.7 Å². The fourth-order valence-electron chi connectivity index (χ4n) is 3.77. The van der Waals surface area contributed by atoms with Gasteiger partial charge in [-0.05, 0) is 44.4 Å². The second kappa shape index (κ2) is 9.32. The number of nitrogens with two attached hydrogens (primary N) is 1. The van der Waals surface area contributed by atoms with E-state index in [1.165, 1.54) is 5.56 Å². The number of thiophene rings is 1. The summed E-state index contributed by atoms with van der Waals surface area (Å²) in [6, 6.07) is 7.41. The van der Waals surface area contributed by atoms with Crippen molar-refractivity contribution in [1.29, 1.82) is 5.26 Å². The largest absolute Gasteiger partial charge is 0.482 e. The van der Waals surface area contributed by atoms with Gasteiger partial charge in [-0.3, -0.25) is 0 Å². The van der Waals surface area contributed by atoms with Crippen LogP contribution in [0.25, 0.3) is 11.0 Å². The minimum atomic E-state index is -0.636. The standard InChI is InChI=1S/C23H22N2O6S/c1-2-28-23(27)21-17(16(10-24)22(25)32-21)11-30-20(26)12-29-13-7-8-19-15(9-13)14-5-3-4-6-18(14)31-19/h7-9H,2-6,11-12,25H2,1H3. The van der Waals surface area contributed by atoms with Gasteiger partial charge in [0.2, 0.25) is 0 Å². The van der Waals surface area contributed by atoms with Gasteiger partial charge in [-0.1, -0.05) is 0 Å². The summed E-state index contributed by atoms with van der Waals surface area (Å²) in [4.78, 5) is 24.6. The quantitative estimate of drug-likeness (QED) is 0.529. The van der Waals surface area contributed by atoms with E-state index < -0.39 is 11.9 Å². The molecular weight excluding hydrogens is 432 g/mol. The highest BCUT2D eigenvalue weighted by molar-refractivity contribution is 7.18. The molecule has 0 unspecified atom stereocenters. The Kier molecular flexibility index (Phi) is 6.32. The summed E-state index contributed by atoms with van der Waals surface area (Å²) in [6.45, 7) is 1.26. The number of ether oxygens (including phenoxy) is 3. The van der Waals surface area contributed by atoms with Crippen molar-refractivity contribution in [3.05, 3.63) is 45.5 Å². The number of nitriles is 1. The van der Waals surface area contributed by atoms with Crippen LogP contribution < -0.4 is 10.5 Å². The van der Waals surface area contributed by atoms with Crippen LogP contribution in [0.3, 0.4) is 0 Å². The van der Waals surface area contributed by atoms with Crippen LogP contribution in [0.1, 0.15) is 51.9 Å². The Hall–Kier alpha value is -3.51. The SMILES string of the molecule is CCOC(=O)c1sc(N)c(C#N)c1COC(=O)COc1ccc2oc3c(c2c1)CCCC3. The molecule has 1 aliphatic rings. The summed E-state index contributed by atoms with van der Waals surface area (Å²) in [5.41, 5.74) is 8.21. The molecule has 0 atom stereocenters. The molecular formula is C23H22N2O6S. The normalized spacial score (nSPS) is 12.8. The number of nitrogen functional groups attached to an aromatic ring is 1. The molecule has 166 valence electrons. The molecule has 0 saturated carbocycles. The monoisotopic (exact) mass is 454 g/mol. The molecule has 0 bridgehead atoms. The van der Waals surface area contributed by atoms with E-state index in [1.54, 1.807) is 13.0 Å². The molecule has 2 N–H and O–H groups in total. The van der Waals surface area contributed by atoms with Gasteiger partial charge < -0.3 is 24.4 Å². The van der Waals surface area contributed by atoms with Gasteiger partial charge in [0, 0.05) is 22.9 Å². The first kappa shape index (κ1) is 21.7. The van der Waals surface area contributed by atoms with Crippen LogP contribution in [0.15, 0.2) is 22.6 Å². The van der Waals surface area contributed by atoms with Gasteiger partial charge in [0.15, 0.2) is 6.61 Å². The minimum absolute atomic E-state index is 0.113. The van der Waals surface area contributed by atoms with E-state index in [0.29, 0.717) is 5.75 Å². The molecule has 1 aromatic carbocycles. The lowest BCUT2D eigenvalue weighted by atomic mass is 9.96. The zero-order valence-electron chi connectivity index (χ0n) is 17.6. The first-order chi connectivity index (χ1) is 15.5. The van der Waals surface area contributed by atoms with Crippen molar-refractivity contribution in [1.82, 2.24) is 0 Å². The zero-order valence-corrected chi connectivity index (χ0v) is 18.4. The van der Waals surface area contributed by atoms with Gasteiger partial charge in [0.25, 0.3) is 0 Å². The highest BCUT2D eigenvalue weighted by atomic mass is 32.1. The van der Waals surface area contributed by atoms with Gasteiger partial charge in [-0.2, -0.15) is 5.26 Å². The summed E-state index contributed by atoms with van der Waals surface area (Å²) in [6.07, 6.45) is 4.17. The molecule has 4 rings (SSSR count). The number of carbonyl (C=O) groups excluding carboxylic acids is 2. The van der Waals surface area contributed by atoms with Gasteiger partial charge >= 0.3 is 11.9 Å². The zero-order chi connectivity index (χ0) is 22.7. The molecule has 9 heteroatoms. The molecule has 0 fully saturated rings. The fraction of sp³-hybridized carbons (Fsp3) is 0.348. The Morgan fingerprint density at radius 1 is 1.25 bits per heavy atom. The third-order valence-electron chi connectivity index (χ3n) is 5.27. The van der Waals surface area contributed by atoms with E-state index in [1.807, 2.05) is 18.2 Å². The highest BCUT2D eigenvalue weighted by Gasteiger charge is 2.24. The minimum Gasteiger partial charge on any atom is -0.482 e. The molecule has 0 aliphatic heterocycles. The predicted octanol–water partition coefficient (Wildman–Crippen LogP) is 4.13. The number of carbonyl (C=O) groups is 2. The van der Waals surface area contributed by atoms with Crippen LogP contribution in [0.2, 0.25) is 0 Å². The van der Waals surface area contributed by atoms with Crippen molar-refractivity contribution < 1.29 is 28.2 Å². The van der Waals surface area contributed by atoms with Gasteiger partial charge in [-0.15, -0.1) is 11.3 Å². The molecule has 0 spiro atoms. The average Bonchev–Trinajstić information content (AvgIpc) is 3.33. The number of esters is 2. The van der Waals surface area contributed by atoms with Crippen molar-refractivity contribution >= 4 is 39.2 Å². The number of furan rings is 1. The molecule has 32 heavy (non-hydrogen) atoms. The Balaban J connectivity index is 1.41. The van der Waals surface area contributed by atoms with Crippen LogP contribution in [-0.4, -0.2) is 25.2 Å². The number of benzene rings is 1. The Bertz CT molecular complexity index is 1220. The van der Waals surface area contributed by atoms with Crippen LogP contribution in [0, 0.1) is 11.3 Å². The third-order valence-corrected chi connectivity index (χ3v) is 6.31. The van der Waals surface area contributed by atoms with Crippen LogP contribution in [0.4, 0.5) is 5.00 Å². The van der Waals surface area contributed by atoms with Crippen molar-refractivity contribution in [3.8, 4) is 11.8 Å². The number of hydrogen-bond acceptors (Lipinski definition) is 9.